The van der Waals surface area contributed by atoms with Crippen LogP contribution in [0.5, 0.6) is 5.75 Å². The molecule has 2 amide bonds. The summed E-state index contributed by atoms with van der Waals surface area (Å²) in [5, 5.41) is 15.8. The van der Waals surface area contributed by atoms with E-state index in [2.05, 4.69) is 15.4 Å². The fourth-order valence-corrected chi connectivity index (χ4v) is 5.59. The number of nitro groups is 1. The maximum atomic E-state index is 13.6. The lowest BCUT2D eigenvalue weighted by Crippen LogP contribution is -2.41. The van der Waals surface area contributed by atoms with Crippen LogP contribution >= 0.6 is 0 Å². The zero-order valence-corrected chi connectivity index (χ0v) is 22.7. The van der Waals surface area contributed by atoms with E-state index in [1.54, 1.807) is 36.4 Å². The minimum atomic E-state index is -4.12. The molecule has 3 N–H and O–H groups in total. The number of benzene rings is 2. The number of para-hydroxylation sites is 2. The number of sulfonamides is 1. The quantitative estimate of drug-likeness (QED) is 0.242. The van der Waals surface area contributed by atoms with Gasteiger partial charge in [-0.25, -0.2) is 8.42 Å². The lowest BCUT2D eigenvalue weighted by atomic mass is 10.1. The third kappa shape index (κ3) is 6.51. The molecule has 212 valence electrons. The van der Waals surface area contributed by atoms with E-state index in [0.29, 0.717) is 24.5 Å². The van der Waals surface area contributed by atoms with Crippen molar-refractivity contribution in [1.82, 2.24) is 5.32 Å². The molecule has 0 unspecified atom stereocenters. The maximum Gasteiger partial charge on any atom is 0.433 e. The monoisotopic (exact) mass is 571 g/mol. The molecule has 0 saturated carbocycles. The normalized spacial score (nSPS) is 14.2. The molecule has 1 fully saturated rings. The fourth-order valence-electron chi connectivity index (χ4n) is 4.26. The van der Waals surface area contributed by atoms with Gasteiger partial charge in [-0.15, -0.1) is 0 Å². The molecule has 1 aliphatic heterocycles. The number of amides is 2. The Labute approximate surface area is 230 Å². The zero-order chi connectivity index (χ0) is 28.9. The Morgan fingerprint density at radius 3 is 2.48 bits per heavy atom. The van der Waals surface area contributed by atoms with Crippen molar-refractivity contribution in [3.63, 3.8) is 0 Å². The van der Waals surface area contributed by atoms with Crippen LogP contribution in [0.2, 0.25) is 0 Å². The number of rotatable bonds is 10. The Bertz CT molecular complexity index is 1510. The molecule has 13 nitrogen and oxygen atoms in total. The van der Waals surface area contributed by atoms with Gasteiger partial charge in [-0.05, 0) is 62.6 Å². The van der Waals surface area contributed by atoms with Crippen LogP contribution in [0.1, 0.15) is 36.7 Å². The standard InChI is InChI=1S/C26H29N5O8S/c1-17(27-26(33)22-12-13-24(39-22)31(34)35)25(32)28-18-10-11-20(30-14-6-3-7-15-30)23(16-18)40(36,37)29-19-8-4-5-9-21(19)38-2/h4-5,8-13,16-17,29H,3,6-7,14-15H2,1-2H3,(H,27,33)(H,28,32)/t17-/m1/s1. The molecule has 1 aromatic heterocycles. The summed E-state index contributed by atoms with van der Waals surface area (Å²) in [6, 6.07) is 12.3. The highest BCUT2D eigenvalue weighted by molar-refractivity contribution is 7.93. The average Bonchev–Trinajstić information content (AvgIpc) is 3.45. The van der Waals surface area contributed by atoms with Gasteiger partial charge >= 0.3 is 5.88 Å². The van der Waals surface area contributed by atoms with Crippen LogP contribution < -0.4 is 25.0 Å². The summed E-state index contributed by atoms with van der Waals surface area (Å²) in [4.78, 5) is 37.2. The van der Waals surface area contributed by atoms with Crippen molar-refractivity contribution >= 4 is 44.8 Å². The predicted molar refractivity (Wildman–Crippen MR) is 147 cm³/mol. The van der Waals surface area contributed by atoms with E-state index in [-0.39, 0.29) is 22.0 Å². The first-order valence-corrected chi connectivity index (χ1v) is 14.0. The Kier molecular flexibility index (Phi) is 8.58. The minimum absolute atomic E-state index is 0.0299. The Balaban J connectivity index is 1.57. The van der Waals surface area contributed by atoms with E-state index < -0.39 is 38.7 Å². The number of furan rings is 1. The summed E-state index contributed by atoms with van der Waals surface area (Å²) in [6.45, 7) is 2.79. The van der Waals surface area contributed by atoms with Gasteiger partial charge in [0.25, 0.3) is 15.9 Å². The number of hydrogen-bond donors (Lipinski definition) is 3. The number of nitrogens with zero attached hydrogens (tertiary/aromatic N) is 2. The van der Waals surface area contributed by atoms with Gasteiger partial charge < -0.3 is 24.7 Å². The van der Waals surface area contributed by atoms with Crippen molar-refractivity contribution in [3.05, 3.63) is 70.5 Å². The molecule has 1 aliphatic rings. The number of nitrogens with one attached hydrogen (secondary N) is 3. The molecule has 1 atom stereocenters. The smallest absolute Gasteiger partial charge is 0.433 e. The summed E-state index contributed by atoms with van der Waals surface area (Å²) in [6.07, 6.45) is 2.91. The molecule has 14 heteroatoms. The fraction of sp³-hybridized carbons (Fsp3) is 0.308. The van der Waals surface area contributed by atoms with Gasteiger partial charge in [0.05, 0.1) is 24.6 Å². The molecule has 0 radical (unpaired) electrons. The second-order valence-corrected chi connectivity index (χ2v) is 10.8. The number of piperidine rings is 1. The van der Waals surface area contributed by atoms with Crippen molar-refractivity contribution in [2.24, 2.45) is 0 Å². The molecule has 2 heterocycles. The lowest BCUT2D eigenvalue weighted by molar-refractivity contribution is -0.402. The van der Waals surface area contributed by atoms with Gasteiger partial charge in [-0.3, -0.25) is 24.4 Å². The molecule has 2 aromatic carbocycles. The van der Waals surface area contributed by atoms with Gasteiger partial charge in [0.1, 0.15) is 21.6 Å². The minimum Gasteiger partial charge on any atom is -0.495 e. The van der Waals surface area contributed by atoms with Gasteiger partial charge in [-0.2, -0.15) is 0 Å². The summed E-state index contributed by atoms with van der Waals surface area (Å²) in [7, 11) is -2.68. The maximum absolute atomic E-state index is 13.6. The highest BCUT2D eigenvalue weighted by Crippen LogP contribution is 2.33. The van der Waals surface area contributed by atoms with Crippen LogP contribution in [0.3, 0.4) is 0 Å². The molecule has 0 spiro atoms. The third-order valence-corrected chi connectivity index (χ3v) is 7.70. The number of carbonyl (C=O) groups is 2. The molecule has 4 rings (SSSR count). The molecule has 0 bridgehead atoms. The van der Waals surface area contributed by atoms with E-state index in [4.69, 9.17) is 9.15 Å². The molecule has 0 aliphatic carbocycles. The number of carbonyl (C=O) groups excluding carboxylic acids is 2. The van der Waals surface area contributed by atoms with Crippen LogP contribution in [0, 0.1) is 10.1 Å². The number of ether oxygens (including phenoxy) is 1. The van der Waals surface area contributed by atoms with E-state index in [9.17, 15) is 28.1 Å². The molecule has 1 saturated heterocycles. The van der Waals surface area contributed by atoms with Gasteiger partial charge in [-0.1, -0.05) is 12.1 Å². The molecule has 40 heavy (non-hydrogen) atoms. The van der Waals surface area contributed by atoms with Crippen molar-refractivity contribution in [2.75, 3.05) is 35.1 Å². The summed E-state index contributed by atoms with van der Waals surface area (Å²) < 4.78 is 40.0. The Morgan fingerprint density at radius 2 is 1.80 bits per heavy atom. The highest BCUT2D eigenvalue weighted by atomic mass is 32.2. The first kappa shape index (κ1) is 28.4. The average molecular weight is 572 g/mol. The summed E-state index contributed by atoms with van der Waals surface area (Å²) >= 11 is 0. The largest absolute Gasteiger partial charge is 0.495 e. The molecular weight excluding hydrogens is 542 g/mol. The number of hydrogen-bond acceptors (Lipinski definition) is 9. The van der Waals surface area contributed by atoms with Gasteiger partial charge in [0, 0.05) is 18.8 Å². The Morgan fingerprint density at radius 1 is 1.07 bits per heavy atom. The lowest BCUT2D eigenvalue weighted by Gasteiger charge is -2.30. The third-order valence-electron chi connectivity index (χ3n) is 6.30. The van der Waals surface area contributed by atoms with Gasteiger partial charge in [0.2, 0.25) is 5.91 Å². The van der Waals surface area contributed by atoms with E-state index in [0.717, 1.165) is 31.4 Å². The predicted octanol–water partition coefficient (Wildman–Crippen LogP) is 3.74. The van der Waals surface area contributed by atoms with E-state index in [1.165, 1.54) is 20.1 Å². The van der Waals surface area contributed by atoms with Crippen molar-refractivity contribution < 1.29 is 32.1 Å². The first-order chi connectivity index (χ1) is 19.1. The van der Waals surface area contributed by atoms with Crippen LogP contribution in [0.25, 0.3) is 0 Å². The van der Waals surface area contributed by atoms with Crippen LogP contribution in [-0.2, 0) is 14.8 Å². The van der Waals surface area contributed by atoms with Crippen molar-refractivity contribution in [1.29, 1.82) is 0 Å². The molecular formula is C26H29N5O8S. The van der Waals surface area contributed by atoms with E-state index >= 15 is 0 Å². The summed E-state index contributed by atoms with van der Waals surface area (Å²) in [5.74, 6) is -2.04. The van der Waals surface area contributed by atoms with Crippen molar-refractivity contribution in [2.45, 2.75) is 37.1 Å². The zero-order valence-electron chi connectivity index (χ0n) is 21.9. The topological polar surface area (TPSA) is 173 Å². The Hall–Kier alpha value is -4.59. The second-order valence-electron chi connectivity index (χ2n) is 9.12. The number of methoxy groups -OCH3 is 1. The second kappa shape index (κ2) is 12.1. The van der Waals surface area contributed by atoms with Crippen LogP contribution in [0.15, 0.2) is 63.9 Å². The SMILES string of the molecule is COc1ccccc1NS(=O)(=O)c1cc(NC(=O)[C@@H](C)NC(=O)c2ccc([N+](=O)[O-])o2)ccc1N1CCCCC1. The summed E-state index contributed by atoms with van der Waals surface area (Å²) in [5.41, 5.74) is 0.959. The van der Waals surface area contributed by atoms with Crippen LogP contribution in [-0.4, -0.2) is 51.4 Å². The van der Waals surface area contributed by atoms with E-state index in [1.807, 2.05) is 4.90 Å². The highest BCUT2D eigenvalue weighted by Gasteiger charge is 2.26. The number of anilines is 3. The molecule has 3 aromatic rings. The van der Waals surface area contributed by atoms with Gasteiger partial charge in [0.15, 0.2) is 5.76 Å². The first-order valence-electron chi connectivity index (χ1n) is 12.5. The van der Waals surface area contributed by atoms with Crippen LogP contribution in [0.4, 0.5) is 22.9 Å². The van der Waals surface area contributed by atoms with Crippen molar-refractivity contribution in [3.8, 4) is 5.75 Å².